The van der Waals surface area contributed by atoms with Gasteiger partial charge in [0.1, 0.15) is 5.75 Å². The molecule has 3 rings (SSSR count). The van der Waals surface area contributed by atoms with Crippen LogP contribution in [0.15, 0.2) is 36.4 Å². The van der Waals surface area contributed by atoms with E-state index in [1.807, 2.05) is 12.1 Å². The maximum Gasteiger partial charge on any atom is 0.126 e. The van der Waals surface area contributed by atoms with E-state index < -0.39 is 0 Å². The molecule has 2 N–H and O–H groups in total. The van der Waals surface area contributed by atoms with Crippen molar-refractivity contribution in [3.63, 3.8) is 0 Å². The molecule has 2 nitrogen and oxygen atoms in total. The zero-order chi connectivity index (χ0) is 11.2. The van der Waals surface area contributed by atoms with E-state index >= 15 is 0 Å². The summed E-state index contributed by atoms with van der Waals surface area (Å²) in [4.78, 5) is 0. The summed E-state index contributed by atoms with van der Waals surface area (Å²) in [6.07, 6.45) is 2.17. The first-order valence-corrected chi connectivity index (χ1v) is 5.60. The highest BCUT2D eigenvalue weighted by Gasteiger charge is 2.40. The molecule has 1 fully saturated rings. The van der Waals surface area contributed by atoms with Crippen LogP contribution < -0.4 is 10.5 Å². The molecule has 0 bridgehead atoms. The topological polar surface area (TPSA) is 35.2 Å². The average molecular weight is 213 g/mol. The van der Waals surface area contributed by atoms with Crippen LogP contribution in [0.2, 0.25) is 0 Å². The molecule has 2 aromatic rings. The fraction of sp³-hybridized carbons (Fsp3) is 0.286. The fourth-order valence-electron chi connectivity index (χ4n) is 2.30. The first-order valence-electron chi connectivity index (χ1n) is 5.60. The smallest absolute Gasteiger partial charge is 0.126 e. The Balaban J connectivity index is 2.31. The third-order valence-corrected chi connectivity index (χ3v) is 3.43. The van der Waals surface area contributed by atoms with Gasteiger partial charge in [-0.2, -0.15) is 0 Å². The summed E-state index contributed by atoms with van der Waals surface area (Å²) in [5.74, 6) is 0.920. The van der Waals surface area contributed by atoms with E-state index in [0.29, 0.717) is 0 Å². The number of hydrogen-bond acceptors (Lipinski definition) is 2. The standard InChI is InChI=1S/C14H15NO/c1-16-13-7-3-4-10-11(13)5-2-6-12(10)14(15)8-9-14/h2-7H,8-9,15H2,1H3. The van der Waals surface area contributed by atoms with Crippen molar-refractivity contribution < 1.29 is 4.74 Å². The van der Waals surface area contributed by atoms with Gasteiger partial charge in [0.15, 0.2) is 0 Å². The molecule has 16 heavy (non-hydrogen) atoms. The molecular formula is C14H15NO. The first kappa shape index (κ1) is 9.67. The monoisotopic (exact) mass is 213 g/mol. The Morgan fingerprint density at radius 3 is 2.44 bits per heavy atom. The van der Waals surface area contributed by atoms with Crippen LogP contribution in [0.5, 0.6) is 5.75 Å². The molecular weight excluding hydrogens is 198 g/mol. The summed E-state index contributed by atoms with van der Waals surface area (Å²) in [7, 11) is 1.71. The summed E-state index contributed by atoms with van der Waals surface area (Å²) < 4.78 is 5.37. The normalized spacial score (nSPS) is 17.4. The Morgan fingerprint density at radius 1 is 1.06 bits per heavy atom. The lowest BCUT2D eigenvalue weighted by Crippen LogP contribution is -2.18. The van der Waals surface area contributed by atoms with Crippen LogP contribution in [0.4, 0.5) is 0 Å². The molecule has 0 amide bonds. The lowest BCUT2D eigenvalue weighted by Gasteiger charge is -2.14. The molecule has 82 valence electrons. The highest BCUT2D eigenvalue weighted by molar-refractivity contribution is 5.92. The number of hydrogen-bond donors (Lipinski definition) is 1. The molecule has 0 saturated heterocycles. The van der Waals surface area contributed by atoms with Crippen molar-refractivity contribution >= 4 is 10.8 Å². The van der Waals surface area contributed by atoms with Crippen molar-refractivity contribution in [2.24, 2.45) is 5.73 Å². The summed E-state index contributed by atoms with van der Waals surface area (Å²) >= 11 is 0. The molecule has 0 radical (unpaired) electrons. The number of rotatable bonds is 2. The Morgan fingerprint density at radius 2 is 1.75 bits per heavy atom. The quantitative estimate of drug-likeness (QED) is 0.832. The molecule has 2 aromatic carbocycles. The average Bonchev–Trinajstić information content (AvgIpc) is 3.07. The van der Waals surface area contributed by atoms with Gasteiger partial charge in [-0.1, -0.05) is 30.3 Å². The predicted molar refractivity (Wildman–Crippen MR) is 65.6 cm³/mol. The van der Waals surface area contributed by atoms with Crippen molar-refractivity contribution in [2.75, 3.05) is 7.11 Å². The van der Waals surface area contributed by atoms with Gasteiger partial charge in [0.25, 0.3) is 0 Å². The molecule has 1 saturated carbocycles. The molecule has 2 heteroatoms. The van der Waals surface area contributed by atoms with Gasteiger partial charge in [0.05, 0.1) is 7.11 Å². The minimum Gasteiger partial charge on any atom is -0.496 e. The molecule has 0 unspecified atom stereocenters. The summed E-state index contributed by atoms with van der Waals surface area (Å²) in [5, 5.41) is 2.38. The number of fused-ring (bicyclic) bond motifs is 1. The lowest BCUT2D eigenvalue weighted by molar-refractivity contribution is 0.420. The summed E-state index contributed by atoms with van der Waals surface area (Å²) in [5.41, 5.74) is 7.45. The number of benzene rings is 2. The molecule has 1 aliphatic carbocycles. The Bertz CT molecular complexity index is 543. The van der Waals surface area contributed by atoms with E-state index in [1.54, 1.807) is 7.11 Å². The zero-order valence-corrected chi connectivity index (χ0v) is 9.36. The Kier molecular flexibility index (Phi) is 1.95. The Labute approximate surface area is 95.0 Å². The van der Waals surface area contributed by atoms with Gasteiger partial charge in [-0.3, -0.25) is 0 Å². The number of ether oxygens (including phenoxy) is 1. The van der Waals surface area contributed by atoms with Gasteiger partial charge in [-0.05, 0) is 29.9 Å². The summed E-state index contributed by atoms with van der Waals surface area (Å²) in [6.45, 7) is 0. The van der Waals surface area contributed by atoms with Gasteiger partial charge < -0.3 is 10.5 Å². The molecule has 0 atom stereocenters. The fourth-order valence-corrected chi connectivity index (χ4v) is 2.30. The van der Waals surface area contributed by atoms with Crippen LogP contribution in [-0.2, 0) is 5.54 Å². The van der Waals surface area contributed by atoms with E-state index in [1.165, 1.54) is 10.9 Å². The van der Waals surface area contributed by atoms with Crippen molar-refractivity contribution in [1.29, 1.82) is 0 Å². The van der Waals surface area contributed by atoms with Crippen LogP contribution in [0.3, 0.4) is 0 Å². The molecule has 0 aliphatic heterocycles. The molecule has 0 aromatic heterocycles. The SMILES string of the molecule is COc1cccc2c(C3(N)CC3)cccc12. The Hall–Kier alpha value is -1.54. The van der Waals surface area contributed by atoms with E-state index in [0.717, 1.165) is 24.0 Å². The van der Waals surface area contributed by atoms with Gasteiger partial charge in [0.2, 0.25) is 0 Å². The van der Waals surface area contributed by atoms with Gasteiger partial charge in [-0.25, -0.2) is 0 Å². The van der Waals surface area contributed by atoms with Crippen LogP contribution in [0, 0.1) is 0 Å². The lowest BCUT2D eigenvalue weighted by atomic mass is 9.97. The second-order valence-corrected chi connectivity index (χ2v) is 4.52. The highest BCUT2D eigenvalue weighted by Crippen LogP contribution is 2.46. The minimum atomic E-state index is -0.0914. The van der Waals surface area contributed by atoms with E-state index in [4.69, 9.17) is 10.5 Å². The van der Waals surface area contributed by atoms with Crippen LogP contribution in [0.1, 0.15) is 18.4 Å². The van der Waals surface area contributed by atoms with E-state index in [-0.39, 0.29) is 5.54 Å². The highest BCUT2D eigenvalue weighted by atomic mass is 16.5. The van der Waals surface area contributed by atoms with Crippen LogP contribution >= 0.6 is 0 Å². The third kappa shape index (κ3) is 1.30. The molecule has 1 aliphatic rings. The van der Waals surface area contributed by atoms with Crippen molar-refractivity contribution in [3.8, 4) is 5.75 Å². The van der Waals surface area contributed by atoms with Crippen molar-refractivity contribution in [2.45, 2.75) is 18.4 Å². The third-order valence-electron chi connectivity index (χ3n) is 3.43. The van der Waals surface area contributed by atoms with Gasteiger partial charge >= 0.3 is 0 Å². The van der Waals surface area contributed by atoms with Crippen molar-refractivity contribution in [1.82, 2.24) is 0 Å². The van der Waals surface area contributed by atoms with E-state index in [9.17, 15) is 0 Å². The van der Waals surface area contributed by atoms with Gasteiger partial charge in [-0.15, -0.1) is 0 Å². The number of methoxy groups -OCH3 is 1. The second kappa shape index (κ2) is 3.22. The predicted octanol–water partition coefficient (Wildman–Crippen LogP) is 2.80. The molecule has 0 spiro atoms. The summed E-state index contributed by atoms with van der Waals surface area (Å²) in [6, 6.07) is 12.4. The van der Waals surface area contributed by atoms with Crippen LogP contribution in [0.25, 0.3) is 10.8 Å². The van der Waals surface area contributed by atoms with E-state index in [2.05, 4.69) is 24.3 Å². The van der Waals surface area contributed by atoms with Crippen molar-refractivity contribution in [3.05, 3.63) is 42.0 Å². The number of nitrogens with two attached hydrogens (primary N) is 1. The first-order chi connectivity index (χ1) is 7.74. The minimum absolute atomic E-state index is 0.0914. The maximum absolute atomic E-state index is 6.28. The van der Waals surface area contributed by atoms with Gasteiger partial charge in [0, 0.05) is 10.9 Å². The molecule has 0 heterocycles. The zero-order valence-electron chi connectivity index (χ0n) is 9.36. The van der Waals surface area contributed by atoms with Crippen LogP contribution in [-0.4, -0.2) is 7.11 Å². The second-order valence-electron chi connectivity index (χ2n) is 4.52. The largest absolute Gasteiger partial charge is 0.496 e. The maximum atomic E-state index is 6.28.